The van der Waals surface area contributed by atoms with Gasteiger partial charge in [-0.2, -0.15) is 0 Å². The van der Waals surface area contributed by atoms with Crippen LogP contribution in [0.3, 0.4) is 0 Å². The second-order valence-corrected chi connectivity index (χ2v) is 6.10. The number of aromatic nitrogens is 1. The SMILES string of the molecule is Cc1cccc2c(N=O)c(O)n(CCOc3ccc(Br)cc3)c12. The Hall–Kier alpha value is -2.34. The number of para-hydroxylation sites is 1. The van der Waals surface area contributed by atoms with Crippen LogP contribution in [0.15, 0.2) is 52.1 Å². The van der Waals surface area contributed by atoms with Crippen molar-refractivity contribution in [3.05, 3.63) is 57.4 Å². The molecule has 0 bridgehead atoms. The van der Waals surface area contributed by atoms with E-state index in [2.05, 4.69) is 21.1 Å². The Morgan fingerprint density at radius 1 is 1.22 bits per heavy atom. The number of ether oxygens (including phenoxy) is 1. The Morgan fingerprint density at radius 3 is 2.65 bits per heavy atom. The van der Waals surface area contributed by atoms with Gasteiger partial charge in [0.25, 0.3) is 0 Å². The summed E-state index contributed by atoms with van der Waals surface area (Å²) in [6.07, 6.45) is 0. The maximum absolute atomic E-state index is 11.0. The van der Waals surface area contributed by atoms with Gasteiger partial charge in [0.05, 0.1) is 12.1 Å². The highest BCUT2D eigenvalue weighted by Gasteiger charge is 2.18. The standard InChI is InChI=1S/C17H15BrN2O3/c1-11-3-2-4-14-15(19-22)17(21)20(16(11)14)9-10-23-13-7-5-12(18)6-8-13/h2-8,21H,9-10H2,1H3. The van der Waals surface area contributed by atoms with Crippen LogP contribution in [-0.4, -0.2) is 16.3 Å². The number of halogens is 1. The zero-order valence-corrected chi connectivity index (χ0v) is 14.1. The molecule has 6 heteroatoms. The lowest BCUT2D eigenvalue weighted by Gasteiger charge is -2.10. The molecule has 0 fully saturated rings. The van der Waals surface area contributed by atoms with Gasteiger partial charge in [0, 0.05) is 9.86 Å². The number of nitrogens with zero attached hydrogens (tertiary/aromatic N) is 2. The second kappa shape index (κ2) is 6.42. The molecule has 0 unspecified atom stereocenters. The maximum Gasteiger partial charge on any atom is 0.222 e. The second-order valence-electron chi connectivity index (χ2n) is 5.19. The zero-order valence-electron chi connectivity index (χ0n) is 12.5. The number of hydrogen-bond donors (Lipinski definition) is 1. The van der Waals surface area contributed by atoms with Crippen LogP contribution in [0.1, 0.15) is 5.56 Å². The number of rotatable bonds is 5. The highest BCUT2D eigenvalue weighted by atomic mass is 79.9. The van der Waals surface area contributed by atoms with Gasteiger partial charge in [-0.25, -0.2) is 0 Å². The molecule has 1 heterocycles. The fourth-order valence-electron chi connectivity index (χ4n) is 2.66. The first-order valence-electron chi connectivity index (χ1n) is 7.14. The van der Waals surface area contributed by atoms with Crippen molar-refractivity contribution < 1.29 is 9.84 Å². The number of nitroso groups, excluding NO2 is 1. The van der Waals surface area contributed by atoms with E-state index in [1.54, 1.807) is 10.6 Å². The summed E-state index contributed by atoms with van der Waals surface area (Å²) >= 11 is 3.37. The lowest BCUT2D eigenvalue weighted by Crippen LogP contribution is -2.08. The molecule has 0 spiro atoms. The molecule has 0 atom stereocenters. The average Bonchev–Trinajstić information content (AvgIpc) is 2.82. The minimum Gasteiger partial charge on any atom is -0.493 e. The van der Waals surface area contributed by atoms with Crippen LogP contribution < -0.4 is 4.74 Å². The summed E-state index contributed by atoms with van der Waals surface area (Å²) in [6.45, 7) is 2.72. The molecule has 0 aliphatic heterocycles. The molecule has 0 amide bonds. The molecular weight excluding hydrogens is 360 g/mol. The van der Waals surface area contributed by atoms with E-state index < -0.39 is 0 Å². The van der Waals surface area contributed by atoms with E-state index in [-0.39, 0.29) is 11.6 Å². The molecule has 0 aliphatic carbocycles. The van der Waals surface area contributed by atoms with Crippen LogP contribution in [0.2, 0.25) is 0 Å². The van der Waals surface area contributed by atoms with Crippen molar-refractivity contribution in [2.24, 2.45) is 5.18 Å². The molecule has 118 valence electrons. The van der Waals surface area contributed by atoms with Gasteiger partial charge in [-0.1, -0.05) is 34.1 Å². The highest BCUT2D eigenvalue weighted by Crippen LogP contribution is 2.39. The number of hydrogen-bond acceptors (Lipinski definition) is 4. The normalized spacial score (nSPS) is 10.9. The van der Waals surface area contributed by atoms with E-state index in [1.165, 1.54) is 0 Å². The van der Waals surface area contributed by atoms with E-state index in [0.717, 1.165) is 21.3 Å². The third-order valence-electron chi connectivity index (χ3n) is 3.72. The lowest BCUT2D eigenvalue weighted by molar-refractivity contribution is 0.290. The predicted molar refractivity (Wildman–Crippen MR) is 93.4 cm³/mol. The van der Waals surface area contributed by atoms with E-state index in [0.29, 0.717) is 18.5 Å². The fourth-order valence-corrected chi connectivity index (χ4v) is 2.92. The number of benzene rings is 2. The molecule has 23 heavy (non-hydrogen) atoms. The first kappa shape index (κ1) is 15.6. The van der Waals surface area contributed by atoms with Gasteiger partial charge in [0.1, 0.15) is 12.4 Å². The summed E-state index contributed by atoms with van der Waals surface area (Å²) in [6, 6.07) is 13.1. The quantitative estimate of drug-likeness (QED) is 0.646. The highest BCUT2D eigenvalue weighted by molar-refractivity contribution is 9.10. The van der Waals surface area contributed by atoms with E-state index in [4.69, 9.17) is 4.74 Å². The monoisotopic (exact) mass is 374 g/mol. The third kappa shape index (κ3) is 2.94. The van der Waals surface area contributed by atoms with Gasteiger partial charge in [0.2, 0.25) is 5.88 Å². The van der Waals surface area contributed by atoms with Gasteiger partial charge in [-0.05, 0) is 41.9 Å². The maximum atomic E-state index is 11.0. The molecular formula is C17H15BrN2O3. The van der Waals surface area contributed by atoms with Gasteiger partial charge in [0.15, 0.2) is 5.69 Å². The van der Waals surface area contributed by atoms with Crippen LogP contribution in [0.4, 0.5) is 5.69 Å². The smallest absolute Gasteiger partial charge is 0.222 e. The Kier molecular flexibility index (Phi) is 4.34. The van der Waals surface area contributed by atoms with Crippen molar-refractivity contribution in [2.75, 3.05) is 6.61 Å². The molecule has 0 saturated heterocycles. The van der Waals surface area contributed by atoms with E-state index >= 15 is 0 Å². The van der Waals surface area contributed by atoms with E-state index in [9.17, 15) is 10.0 Å². The molecule has 1 aromatic heterocycles. The van der Waals surface area contributed by atoms with Gasteiger partial charge >= 0.3 is 0 Å². The lowest BCUT2D eigenvalue weighted by atomic mass is 10.1. The van der Waals surface area contributed by atoms with Crippen molar-refractivity contribution in [3.63, 3.8) is 0 Å². The van der Waals surface area contributed by atoms with Crippen LogP contribution >= 0.6 is 15.9 Å². The van der Waals surface area contributed by atoms with Crippen LogP contribution in [0.25, 0.3) is 10.9 Å². The first-order valence-corrected chi connectivity index (χ1v) is 7.93. The number of fused-ring (bicyclic) bond motifs is 1. The van der Waals surface area contributed by atoms with Crippen LogP contribution in [0.5, 0.6) is 11.6 Å². The molecule has 3 aromatic rings. The molecule has 0 radical (unpaired) electrons. The molecule has 2 aromatic carbocycles. The van der Waals surface area contributed by atoms with Crippen molar-refractivity contribution >= 4 is 32.5 Å². The molecule has 5 nitrogen and oxygen atoms in total. The van der Waals surface area contributed by atoms with Crippen LogP contribution in [0, 0.1) is 11.8 Å². The molecule has 3 rings (SSSR count). The van der Waals surface area contributed by atoms with Gasteiger partial charge in [-0.15, -0.1) is 4.91 Å². The summed E-state index contributed by atoms with van der Waals surface area (Å²) in [5.41, 5.74) is 1.85. The van der Waals surface area contributed by atoms with Crippen molar-refractivity contribution in [2.45, 2.75) is 13.5 Å². The predicted octanol–water partition coefficient (Wildman–Crippen LogP) is 4.89. The first-order chi connectivity index (χ1) is 11.1. The van der Waals surface area contributed by atoms with E-state index in [1.807, 2.05) is 43.3 Å². The Morgan fingerprint density at radius 2 is 1.96 bits per heavy atom. The summed E-state index contributed by atoms with van der Waals surface area (Å²) < 4.78 is 8.34. The Bertz CT molecular complexity index is 856. The van der Waals surface area contributed by atoms with Crippen molar-refractivity contribution in [1.29, 1.82) is 0 Å². The Labute approximate surface area is 141 Å². The summed E-state index contributed by atoms with van der Waals surface area (Å²) in [5, 5.41) is 13.9. The van der Waals surface area contributed by atoms with Crippen LogP contribution in [-0.2, 0) is 6.54 Å². The molecule has 0 aliphatic rings. The third-order valence-corrected chi connectivity index (χ3v) is 4.25. The van der Waals surface area contributed by atoms with Crippen molar-refractivity contribution in [1.82, 2.24) is 4.57 Å². The minimum absolute atomic E-state index is 0.0762. The van der Waals surface area contributed by atoms with Gasteiger partial charge < -0.3 is 14.4 Å². The summed E-state index contributed by atoms with van der Waals surface area (Å²) in [7, 11) is 0. The van der Waals surface area contributed by atoms with Crippen molar-refractivity contribution in [3.8, 4) is 11.6 Å². The topological polar surface area (TPSA) is 63.8 Å². The van der Waals surface area contributed by atoms with Gasteiger partial charge in [-0.3, -0.25) is 0 Å². The summed E-state index contributed by atoms with van der Waals surface area (Å²) in [5.74, 6) is 0.623. The summed E-state index contributed by atoms with van der Waals surface area (Å²) in [4.78, 5) is 11.0. The molecule has 1 N–H and O–H groups in total. The number of aryl methyl sites for hydroxylation is 1. The fraction of sp³-hybridized carbons (Fsp3) is 0.176. The zero-order chi connectivity index (χ0) is 16.4. The average molecular weight is 375 g/mol. The largest absolute Gasteiger partial charge is 0.493 e. The minimum atomic E-state index is -0.122. The Balaban J connectivity index is 1.86. The molecule has 0 saturated carbocycles. The number of aromatic hydroxyl groups is 1.